The fourth-order valence-corrected chi connectivity index (χ4v) is 1.06. The highest BCUT2D eigenvalue weighted by molar-refractivity contribution is 5.77. The molecule has 0 spiro atoms. The van der Waals surface area contributed by atoms with Gasteiger partial charge < -0.3 is 15.8 Å². The second-order valence-electron chi connectivity index (χ2n) is 3.45. The minimum absolute atomic E-state index is 0.0793. The highest BCUT2D eigenvalue weighted by atomic mass is 19.1. The average Bonchev–Trinajstić information content (AvgIpc) is 2.28. The maximum atomic E-state index is 12.6. The number of hydrogen-bond acceptors (Lipinski definition) is 3. The molecule has 0 radical (unpaired) electrons. The summed E-state index contributed by atoms with van der Waals surface area (Å²) in [5.74, 6) is -0.132. The van der Waals surface area contributed by atoms with Gasteiger partial charge in [0.25, 0.3) is 5.91 Å². The van der Waals surface area contributed by atoms with Crippen molar-refractivity contribution < 1.29 is 13.9 Å². The van der Waals surface area contributed by atoms with Crippen molar-refractivity contribution in [3.63, 3.8) is 0 Å². The molecule has 0 saturated heterocycles. The molecule has 1 atom stereocenters. The van der Waals surface area contributed by atoms with Crippen LogP contribution in [0.3, 0.4) is 0 Å². The van der Waals surface area contributed by atoms with Crippen LogP contribution in [0.4, 0.5) is 4.39 Å². The highest BCUT2D eigenvalue weighted by Crippen LogP contribution is 2.10. The van der Waals surface area contributed by atoms with Gasteiger partial charge in [0.05, 0.1) is 0 Å². The molecule has 0 aliphatic carbocycles. The molecule has 16 heavy (non-hydrogen) atoms. The molecule has 88 valence electrons. The Kier molecular flexibility index (Phi) is 4.72. The van der Waals surface area contributed by atoms with Crippen molar-refractivity contribution in [2.24, 2.45) is 5.73 Å². The first-order valence-corrected chi connectivity index (χ1v) is 4.99. The predicted molar refractivity (Wildman–Crippen MR) is 58.6 cm³/mol. The summed E-state index contributed by atoms with van der Waals surface area (Å²) in [6.07, 6.45) is 0. The first-order valence-electron chi connectivity index (χ1n) is 4.99. The van der Waals surface area contributed by atoms with Gasteiger partial charge in [-0.3, -0.25) is 4.79 Å². The van der Waals surface area contributed by atoms with Crippen LogP contribution >= 0.6 is 0 Å². The van der Waals surface area contributed by atoms with Crippen LogP contribution in [0.15, 0.2) is 24.3 Å². The molecular weight excluding hydrogens is 211 g/mol. The molecule has 0 fully saturated rings. The van der Waals surface area contributed by atoms with Gasteiger partial charge in [0.2, 0.25) is 0 Å². The molecule has 0 saturated carbocycles. The van der Waals surface area contributed by atoms with Gasteiger partial charge in [-0.15, -0.1) is 0 Å². The summed E-state index contributed by atoms with van der Waals surface area (Å²) in [7, 11) is 0. The highest BCUT2D eigenvalue weighted by Gasteiger charge is 2.06. The SMILES string of the molecule is C[C@@H](CN)NC(=O)COc1ccc(F)cc1. The van der Waals surface area contributed by atoms with E-state index in [1.54, 1.807) is 6.92 Å². The molecule has 0 heterocycles. The van der Waals surface area contributed by atoms with Crippen molar-refractivity contribution >= 4 is 5.91 Å². The van der Waals surface area contributed by atoms with E-state index < -0.39 is 0 Å². The van der Waals surface area contributed by atoms with Crippen LogP contribution in [-0.4, -0.2) is 25.1 Å². The molecule has 0 aliphatic rings. The van der Waals surface area contributed by atoms with E-state index in [2.05, 4.69) is 5.32 Å². The number of nitrogens with one attached hydrogen (secondary N) is 1. The summed E-state index contributed by atoms with van der Waals surface area (Å²) < 4.78 is 17.7. The monoisotopic (exact) mass is 226 g/mol. The summed E-state index contributed by atoms with van der Waals surface area (Å²) in [5, 5.41) is 2.65. The molecule has 0 aliphatic heterocycles. The normalized spacial score (nSPS) is 11.9. The number of rotatable bonds is 5. The Hall–Kier alpha value is -1.62. The zero-order valence-corrected chi connectivity index (χ0v) is 9.07. The molecule has 1 rings (SSSR count). The Balaban J connectivity index is 2.34. The molecule has 3 N–H and O–H groups in total. The fraction of sp³-hybridized carbons (Fsp3) is 0.364. The number of ether oxygens (including phenoxy) is 1. The number of halogens is 1. The fourth-order valence-electron chi connectivity index (χ4n) is 1.06. The summed E-state index contributed by atoms with van der Waals surface area (Å²) in [6, 6.07) is 5.40. The maximum Gasteiger partial charge on any atom is 0.258 e. The van der Waals surface area contributed by atoms with Crippen molar-refractivity contribution in [2.75, 3.05) is 13.2 Å². The first-order chi connectivity index (χ1) is 7.61. The van der Waals surface area contributed by atoms with Crippen LogP contribution in [0.25, 0.3) is 0 Å². The van der Waals surface area contributed by atoms with Gasteiger partial charge >= 0.3 is 0 Å². The number of carbonyl (C=O) groups excluding carboxylic acids is 1. The van der Waals surface area contributed by atoms with Gasteiger partial charge in [-0.1, -0.05) is 0 Å². The minimum Gasteiger partial charge on any atom is -0.484 e. The van der Waals surface area contributed by atoms with Crippen LogP contribution < -0.4 is 15.8 Å². The average molecular weight is 226 g/mol. The molecule has 1 aromatic rings. The van der Waals surface area contributed by atoms with Crippen LogP contribution in [0.1, 0.15) is 6.92 Å². The summed E-state index contributed by atoms with van der Waals surface area (Å²) in [4.78, 5) is 11.3. The van der Waals surface area contributed by atoms with E-state index in [4.69, 9.17) is 10.5 Å². The summed E-state index contributed by atoms with van der Waals surface area (Å²) >= 11 is 0. The second kappa shape index (κ2) is 6.07. The van der Waals surface area contributed by atoms with Crippen molar-refractivity contribution in [3.8, 4) is 5.75 Å². The lowest BCUT2D eigenvalue weighted by Crippen LogP contribution is -2.40. The Morgan fingerprint density at radius 1 is 1.50 bits per heavy atom. The van der Waals surface area contributed by atoms with Crippen LogP contribution in [0, 0.1) is 5.82 Å². The smallest absolute Gasteiger partial charge is 0.258 e. The van der Waals surface area contributed by atoms with Crippen molar-refractivity contribution in [3.05, 3.63) is 30.1 Å². The lowest BCUT2D eigenvalue weighted by molar-refractivity contribution is -0.123. The van der Waals surface area contributed by atoms with E-state index in [9.17, 15) is 9.18 Å². The van der Waals surface area contributed by atoms with Crippen LogP contribution in [-0.2, 0) is 4.79 Å². The number of benzene rings is 1. The molecular formula is C11H15FN2O2. The zero-order chi connectivity index (χ0) is 12.0. The third-order valence-electron chi connectivity index (χ3n) is 1.94. The Morgan fingerprint density at radius 3 is 2.69 bits per heavy atom. The van der Waals surface area contributed by atoms with Gasteiger partial charge in [0.15, 0.2) is 6.61 Å². The van der Waals surface area contributed by atoms with Crippen molar-refractivity contribution in [1.82, 2.24) is 5.32 Å². The lowest BCUT2D eigenvalue weighted by Gasteiger charge is -2.11. The largest absolute Gasteiger partial charge is 0.484 e. The Labute approximate surface area is 93.6 Å². The number of nitrogens with two attached hydrogens (primary N) is 1. The topological polar surface area (TPSA) is 64.3 Å². The zero-order valence-electron chi connectivity index (χ0n) is 9.07. The molecule has 1 amide bonds. The third kappa shape index (κ3) is 4.27. The minimum atomic E-state index is -0.339. The van der Waals surface area contributed by atoms with E-state index >= 15 is 0 Å². The molecule has 0 bridgehead atoms. The summed E-state index contributed by atoms with van der Waals surface area (Å²) in [6.45, 7) is 2.08. The maximum absolute atomic E-state index is 12.6. The molecule has 4 nitrogen and oxygen atoms in total. The number of amides is 1. The molecule has 0 unspecified atom stereocenters. The van der Waals surface area contributed by atoms with Gasteiger partial charge in [-0.2, -0.15) is 0 Å². The first kappa shape index (κ1) is 12.4. The van der Waals surface area contributed by atoms with E-state index in [1.807, 2.05) is 0 Å². The molecule has 0 aromatic heterocycles. The van der Waals surface area contributed by atoms with E-state index in [0.717, 1.165) is 0 Å². The van der Waals surface area contributed by atoms with Crippen molar-refractivity contribution in [1.29, 1.82) is 0 Å². The van der Waals surface area contributed by atoms with Gasteiger partial charge in [-0.25, -0.2) is 4.39 Å². The van der Waals surface area contributed by atoms with Gasteiger partial charge in [0, 0.05) is 12.6 Å². The summed E-state index contributed by atoms with van der Waals surface area (Å²) in [5.41, 5.74) is 5.35. The van der Waals surface area contributed by atoms with Crippen LogP contribution in [0.5, 0.6) is 5.75 Å². The van der Waals surface area contributed by atoms with E-state index in [1.165, 1.54) is 24.3 Å². The van der Waals surface area contributed by atoms with Crippen LogP contribution in [0.2, 0.25) is 0 Å². The van der Waals surface area contributed by atoms with E-state index in [-0.39, 0.29) is 24.4 Å². The standard InChI is InChI=1S/C11H15FN2O2/c1-8(6-13)14-11(15)7-16-10-4-2-9(12)3-5-10/h2-5,8H,6-7,13H2,1H3,(H,14,15)/t8-/m0/s1. The quantitative estimate of drug-likeness (QED) is 0.775. The molecule has 5 heteroatoms. The third-order valence-corrected chi connectivity index (χ3v) is 1.94. The number of carbonyl (C=O) groups is 1. The van der Waals surface area contributed by atoms with Gasteiger partial charge in [0.1, 0.15) is 11.6 Å². The lowest BCUT2D eigenvalue weighted by atomic mass is 10.3. The Bertz CT molecular complexity index is 340. The Morgan fingerprint density at radius 2 is 2.12 bits per heavy atom. The number of hydrogen-bond donors (Lipinski definition) is 2. The molecule has 1 aromatic carbocycles. The van der Waals surface area contributed by atoms with E-state index in [0.29, 0.717) is 12.3 Å². The predicted octanol–water partition coefficient (Wildman–Crippen LogP) is 0.668. The second-order valence-corrected chi connectivity index (χ2v) is 3.45. The van der Waals surface area contributed by atoms with Gasteiger partial charge in [-0.05, 0) is 31.2 Å². The van der Waals surface area contributed by atoms with Crippen molar-refractivity contribution in [2.45, 2.75) is 13.0 Å².